The van der Waals surface area contributed by atoms with Crippen molar-refractivity contribution in [2.45, 2.75) is 19.3 Å². The van der Waals surface area contributed by atoms with Crippen molar-refractivity contribution < 1.29 is 23.3 Å². The van der Waals surface area contributed by atoms with E-state index in [0.29, 0.717) is 65.9 Å². The number of ether oxygens (including phenoxy) is 3. The van der Waals surface area contributed by atoms with Gasteiger partial charge < -0.3 is 23.3 Å². The minimum Gasteiger partial charge on any atom is -0.377 e. The van der Waals surface area contributed by atoms with E-state index in [9.17, 15) is 0 Å². The summed E-state index contributed by atoms with van der Waals surface area (Å²) in [5.41, 5.74) is 0. The number of rotatable bonds is 0. The van der Waals surface area contributed by atoms with Gasteiger partial charge in [0.25, 0.3) is 21.1 Å². The molecule has 3 aliphatic heterocycles. The van der Waals surface area contributed by atoms with Crippen molar-refractivity contribution in [3.8, 4) is 0 Å². The van der Waals surface area contributed by atoms with Crippen LogP contribution < -0.4 is 10.2 Å². The zero-order valence-electron chi connectivity index (χ0n) is 15.7. The van der Waals surface area contributed by atoms with Crippen LogP contribution in [-0.2, 0) is 23.3 Å². The van der Waals surface area contributed by atoms with E-state index < -0.39 is 21.1 Å². The lowest BCUT2D eigenvalue weighted by atomic mass is 10.2. The predicted molar refractivity (Wildman–Crippen MR) is 114 cm³/mol. The van der Waals surface area contributed by atoms with Gasteiger partial charge in [-0.15, -0.1) is 0 Å². The molecule has 2 bridgehead atoms. The Kier molecular flexibility index (Phi) is 9.77. The van der Waals surface area contributed by atoms with Crippen LogP contribution in [-0.4, -0.2) is 65.9 Å². The summed E-state index contributed by atoms with van der Waals surface area (Å²) in [5.74, 6) is -3.01. The fourth-order valence-electron chi connectivity index (χ4n) is 2.70. The normalized spacial score (nSPS) is 36.2. The summed E-state index contributed by atoms with van der Waals surface area (Å²) in [4.78, 5) is 0. The molecule has 2 N–H and O–H groups in total. The molecule has 28 heavy (non-hydrogen) atoms. The minimum atomic E-state index is -3.01. The highest BCUT2D eigenvalue weighted by Crippen LogP contribution is 2.80. The highest BCUT2D eigenvalue weighted by molar-refractivity contribution is 8.13. The largest absolute Gasteiger partial charge is 0.377 e. The number of halogens is 2. The second kappa shape index (κ2) is 11.6. The zero-order chi connectivity index (χ0) is 19.8. The average molecular weight is 498 g/mol. The first-order valence-electron chi connectivity index (χ1n) is 9.37. The molecule has 2 unspecified atom stereocenters. The van der Waals surface area contributed by atoms with Crippen molar-refractivity contribution in [3.63, 3.8) is 0 Å². The van der Waals surface area contributed by atoms with Crippen LogP contribution in [0.5, 0.6) is 0 Å². The van der Waals surface area contributed by atoms with E-state index in [2.05, 4.69) is 19.2 Å². The molecule has 0 fully saturated rings. The summed E-state index contributed by atoms with van der Waals surface area (Å²) >= 11 is 13.0. The summed E-state index contributed by atoms with van der Waals surface area (Å²) < 4.78 is 42.7. The van der Waals surface area contributed by atoms with E-state index in [0.717, 1.165) is 19.3 Å². The van der Waals surface area contributed by atoms with E-state index in [1.165, 1.54) is 0 Å². The van der Waals surface area contributed by atoms with Crippen molar-refractivity contribution in [1.29, 1.82) is 0 Å². The number of hydrogen-bond acceptors (Lipinski definition) is 10. The lowest BCUT2D eigenvalue weighted by molar-refractivity contribution is 0.00532. The second-order valence-corrected chi connectivity index (χ2v) is 15.9. The highest BCUT2D eigenvalue weighted by Gasteiger charge is 2.37. The van der Waals surface area contributed by atoms with Gasteiger partial charge in [-0.2, -0.15) is 13.5 Å². The minimum absolute atomic E-state index is 0.310. The lowest BCUT2D eigenvalue weighted by Gasteiger charge is -2.32. The maximum Gasteiger partial charge on any atom is 0.280 e. The molecule has 0 saturated carbocycles. The topological polar surface area (TPSA) is 107 Å². The Labute approximate surface area is 175 Å². The molecule has 3 aliphatic rings. The Balaban J connectivity index is 1.91. The van der Waals surface area contributed by atoms with Crippen LogP contribution in [0.1, 0.15) is 19.3 Å². The van der Waals surface area contributed by atoms with Crippen LogP contribution in [0.15, 0.2) is 13.5 Å². The Morgan fingerprint density at radius 3 is 1.57 bits per heavy atom. The van der Waals surface area contributed by atoms with Crippen LogP contribution in [0.3, 0.4) is 0 Å². The molecule has 0 aromatic carbocycles. The second-order valence-electron chi connectivity index (χ2n) is 6.19. The Hall–Kier alpha value is 0.990. The lowest BCUT2D eigenvalue weighted by Crippen LogP contribution is -2.22. The van der Waals surface area contributed by atoms with Gasteiger partial charge in [0.15, 0.2) is 0 Å². The molecule has 10 nitrogen and oxygen atoms in total. The molecule has 3 rings (SSSR count). The molecular formula is C13H28Cl2N5O5P3. The molecule has 15 heteroatoms. The van der Waals surface area contributed by atoms with Crippen molar-refractivity contribution in [2.75, 3.05) is 65.9 Å². The van der Waals surface area contributed by atoms with Gasteiger partial charge in [0, 0.05) is 13.1 Å². The van der Waals surface area contributed by atoms with Crippen molar-refractivity contribution in [1.82, 2.24) is 10.2 Å². The fraction of sp³-hybridized carbons (Fsp3) is 1.00. The molecule has 0 radical (unpaired) electrons. The summed E-state index contributed by atoms with van der Waals surface area (Å²) in [5, 5.41) is 6.74. The predicted octanol–water partition coefficient (Wildman–Crippen LogP) is 4.78. The average Bonchev–Trinajstić information content (AvgIpc) is 2.62. The summed E-state index contributed by atoms with van der Waals surface area (Å²) in [6.07, 6.45) is 3.03. The Morgan fingerprint density at radius 1 is 0.571 bits per heavy atom. The first-order valence-corrected chi connectivity index (χ1v) is 16.1. The van der Waals surface area contributed by atoms with Crippen LogP contribution in [0.2, 0.25) is 0 Å². The standard InChI is InChI=1S/C13H28Cl2N5O5P3/c14-26(15)18-27-16-4-2-1-3-5-17-28(19-26,20-27)25-13-11-23-9-7-21-6-8-22-10-12-24-27/h16-17H,1-13H2. The van der Waals surface area contributed by atoms with Crippen LogP contribution >= 0.6 is 43.6 Å². The van der Waals surface area contributed by atoms with Crippen molar-refractivity contribution in [2.24, 2.45) is 13.5 Å². The maximum absolute atomic E-state index is 6.50. The number of nitrogens with zero attached hydrogens (tertiary/aromatic N) is 3. The van der Waals surface area contributed by atoms with Gasteiger partial charge in [-0.3, -0.25) is 0 Å². The van der Waals surface area contributed by atoms with Gasteiger partial charge in [-0.05, 0) is 35.3 Å². The molecule has 164 valence electrons. The molecule has 2 atom stereocenters. The monoisotopic (exact) mass is 497 g/mol. The molecule has 0 amide bonds. The van der Waals surface area contributed by atoms with Crippen molar-refractivity contribution >= 4 is 43.6 Å². The molecule has 0 aromatic heterocycles. The third-order valence-electron chi connectivity index (χ3n) is 3.93. The van der Waals surface area contributed by atoms with Gasteiger partial charge in [-0.25, -0.2) is 10.2 Å². The van der Waals surface area contributed by atoms with E-state index in [4.69, 9.17) is 50.3 Å². The Bertz CT molecular complexity index is 651. The van der Waals surface area contributed by atoms with Crippen LogP contribution in [0.25, 0.3) is 0 Å². The maximum atomic E-state index is 6.50. The first kappa shape index (κ1) is 23.6. The van der Waals surface area contributed by atoms with Crippen LogP contribution in [0.4, 0.5) is 0 Å². The molecule has 0 spiro atoms. The third kappa shape index (κ3) is 7.60. The number of nitrogens with one attached hydrogen (secondary N) is 2. The SMILES string of the molecule is ClP1(Cl)=NP23=NP(=N1)(NCCCCCN2)OCCOCCOCCOCCO3. The zero-order valence-corrected chi connectivity index (χ0v) is 19.9. The molecule has 0 aromatic rings. The van der Waals surface area contributed by atoms with E-state index in [-0.39, 0.29) is 0 Å². The molecular weight excluding hydrogens is 470 g/mol. The summed E-state index contributed by atoms with van der Waals surface area (Å²) in [7, 11) is -5.67. The van der Waals surface area contributed by atoms with Crippen molar-refractivity contribution in [3.05, 3.63) is 0 Å². The van der Waals surface area contributed by atoms with Gasteiger partial charge in [0.05, 0.1) is 52.9 Å². The van der Waals surface area contributed by atoms with Gasteiger partial charge in [-0.1, -0.05) is 6.42 Å². The molecule has 3 heterocycles. The Morgan fingerprint density at radius 2 is 1.04 bits per heavy atom. The quantitative estimate of drug-likeness (QED) is 0.463. The van der Waals surface area contributed by atoms with Gasteiger partial charge in [0.2, 0.25) is 0 Å². The molecule has 0 saturated heterocycles. The van der Waals surface area contributed by atoms with Gasteiger partial charge >= 0.3 is 0 Å². The first-order chi connectivity index (χ1) is 13.5. The number of hydrogen-bond donors (Lipinski definition) is 2. The summed E-state index contributed by atoms with van der Waals surface area (Å²) in [6, 6.07) is 0. The van der Waals surface area contributed by atoms with Crippen LogP contribution in [0, 0.1) is 0 Å². The van der Waals surface area contributed by atoms with Gasteiger partial charge in [0.1, 0.15) is 0 Å². The fourth-order valence-corrected chi connectivity index (χ4v) is 14.6. The van der Waals surface area contributed by atoms with E-state index in [1.807, 2.05) is 0 Å². The van der Waals surface area contributed by atoms with E-state index >= 15 is 0 Å². The molecule has 0 aliphatic carbocycles. The third-order valence-corrected chi connectivity index (χ3v) is 14.3. The summed E-state index contributed by atoms with van der Waals surface area (Å²) in [6.45, 7) is 4.80. The highest BCUT2D eigenvalue weighted by atomic mass is 35.9. The smallest absolute Gasteiger partial charge is 0.280 e. The van der Waals surface area contributed by atoms with E-state index in [1.54, 1.807) is 0 Å².